The molecular weight excluding hydrogens is 488 g/mol. The maximum Gasteiger partial charge on any atom is 0.264 e. The first kappa shape index (κ1) is 26.1. The van der Waals surface area contributed by atoms with E-state index in [0.29, 0.717) is 23.9 Å². The predicted molar refractivity (Wildman–Crippen MR) is 142 cm³/mol. The van der Waals surface area contributed by atoms with Gasteiger partial charge in [-0.15, -0.1) is 0 Å². The molecule has 0 bridgehead atoms. The minimum atomic E-state index is -3.91. The summed E-state index contributed by atoms with van der Waals surface area (Å²) in [6.07, 6.45) is 0. The minimum absolute atomic E-state index is 0.144. The van der Waals surface area contributed by atoms with E-state index in [1.165, 1.54) is 16.4 Å². The van der Waals surface area contributed by atoms with E-state index in [2.05, 4.69) is 19.2 Å². The van der Waals surface area contributed by atoms with Gasteiger partial charge in [-0.3, -0.25) is 9.10 Å². The number of halogens is 1. The molecule has 180 valence electrons. The molecule has 0 radical (unpaired) electrons. The van der Waals surface area contributed by atoms with Crippen LogP contribution < -0.4 is 9.62 Å². The highest BCUT2D eigenvalue weighted by molar-refractivity contribution is 7.98. The Morgan fingerprint density at radius 2 is 1.62 bits per heavy atom. The molecule has 34 heavy (non-hydrogen) atoms. The second-order valence-electron chi connectivity index (χ2n) is 8.06. The van der Waals surface area contributed by atoms with Crippen molar-refractivity contribution in [1.82, 2.24) is 5.32 Å². The van der Waals surface area contributed by atoms with E-state index < -0.39 is 10.0 Å². The van der Waals surface area contributed by atoms with Crippen LogP contribution in [0.4, 0.5) is 5.69 Å². The number of benzene rings is 3. The molecule has 0 saturated heterocycles. The van der Waals surface area contributed by atoms with E-state index >= 15 is 0 Å². The second-order valence-corrected chi connectivity index (χ2v) is 11.4. The predicted octanol–water partition coefficient (Wildman–Crippen LogP) is 5.71. The van der Waals surface area contributed by atoms with Crippen LogP contribution in [0.25, 0.3) is 0 Å². The van der Waals surface area contributed by atoms with E-state index in [9.17, 15) is 13.2 Å². The summed E-state index contributed by atoms with van der Waals surface area (Å²) in [5, 5.41) is 3.56. The molecule has 3 aromatic carbocycles. The molecular formula is C26H29ClN2O3S2. The van der Waals surface area contributed by atoms with Crippen LogP contribution >= 0.6 is 23.4 Å². The first-order valence-corrected chi connectivity index (χ1v) is 14.0. The lowest BCUT2D eigenvalue weighted by Crippen LogP contribution is -2.41. The fourth-order valence-corrected chi connectivity index (χ4v) is 5.89. The summed E-state index contributed by atoms with van der Waals surface area (Å²) >= 11 is 7.83. The van der Waals surface area contributed by atoms with Gasteiger partial charge in [-0.05, 0) is 47.4 Å². The number of sulfonamides is 1. The lowest BCUT2D eigenvalue weighted by Gasteiger charge is -2.24. The molecule has 0 aliphatic rings. The van der Waals surface area contributed by atoms with Crippen molar-refractivity contribution in [2.45, 2.75) is 30.4 Å². The first-order valence-electron chi connectivity index (χ1n) is 11.0. The Balaban J connectivity index is 1.66. The second kappa shape index (κ2) is 12.3. The number of anilines is 1. The number of nitrogens with zero attached hydrogens (tertiary/aromatic N) is 1. The summed E-state index contributed by atoms with van der Waals surface area (Å²) < 4.78 is 27.9. The summed E-state index contributed by atoms with van der Waals surface area (Å²) in [5.74, 6) is 1.39. The third kappa shape index (κ3) is 7.01. The molecule has 0 aliphatic carbocycles. The molecule has 1 amide bonds. The van der Waals surface area contributed by atoms with Crippen molar-refractivity contribution in [3.05, 3.63) is 95.0 Å². The number of carbonyl (C=O) groups is 1. The number of carbonyl (C=O) groups excluding carboxylic acids is 1. The SMILES string of the molecule is CC(C)c1ccc(N(CC(=O)NCCSCc2ccccc2Cl)S(=O)(=O)c2ccccc2)cc1. The number of hydrogen-bond acceptors (Lipinski definition) is 4. The van der Waals surface area contributed by atoms with Gasteiger partial charge in [0, 0.05) is 23.1 Å². The van der Waals surface area contributed by atoms with Gasteiger partial charge in [0.2, 0.25) is 5.91 Å². The van der Waals surface area contributed by atoms with Crippen LogP contribution in [0.15, 0.2) is 83.8 Å². The molecule has 0 spiro atoms. The summed E-state index contributed by atoms with van der Waals surface area (Å²) in [6.45, 7) is 4.28. The Hall–Kier alpha value is -2.48. The third-order valence-corrected chi connectivity index (χ3v) is 8.41. The van der Waals surface area contributed by atoms with Crippen molar-refractivity contribution in [3.8, 4) is 0 Å². The van der Waals surface area contributed by atoms with Crippen LogP contribution in [0, 0.1) is 0 Å². The highest BCUT2D eigenvalue weighted by atomic mass is 35.5. The quantitative estimate of drug-likeness (QED) is 0.331. The highest BCUT2D eigenvalue weighted by Gasteiger charge is 2.27. The molecule has 5 nitrogen and oxygen atoms in total. The fourth-order valence-electron chi connectivity index (χ4n) is 3.31. The Morgan fingerprint density at radius 3 is 2.26 bits per heavy atom. The van der Waals surface area contributed by atoms with E-state index in [1.807, 2.05) is 36.4 Å². The number of rotatable bonds is 11. The van der Waals surface area contributed by atoms with Crippen molar-refractivity contribution in [2.24, 2.45) is 0 Å². The van der Waals surface area contributed by atoms with E-state index in [4.69, 9.17) is 11.6 Å². The van der Waals surface area contributed by atoms with E-state index in [-0.39, 0.29) is 17.3 Å². The third-order valence-electron chi connectivity index (χ3n) is 5.25. The van der Waals surface area contributed by atoms with Crippen LogP contribution in [-0.4, -0.2) is 33.2 Å². The van der Waals surface area contributed by atoms with Gasteiger partial charge in [0.1, 0.15) is 6.54 Å². The number of nitrogens with one attached hydrogen (secondary N) is 1. The molecule has 0 saturated carbocycles. The molecule has 0 aromatic heterocycles. The molecule has 0 aliphatic heterocycles. The normalized spacial score (nSPS) is 11.4. The van der Waals surface area contributed by atoms with Crippen LogP contribution in [0.2, 0.25) is 5.02 Å². The minimum Gasteiger partial charge on any atom is -0.354 e. The van der Waals surface area contributed by atoms with Crippen molar-refractivity contribution < 1.29 is 13.2 Å². The zero-order chi connectivity index (χ0) is 24.6. The van der Waals surface area contributed by atoms with Gasteiger partial charge in [0.05, 0.1) is 10.6 Å². The summed E-state index contributed by atoms with van der Waals surface area (Å²) in [4.78, 5) is 12.9. The average Bonchev–Trinajstić information content (AvgIpc) is 2.84. The summed E-state index contributed by atoms with van der Waals surface area (Å²) in [5.41, 5.74) is 2.60. The van der Waals surface area contributed by atoms with Gasteiger partial charge in [-0.25, -0.2) is 8.42 Å². The van der Waals surface area contributed by atoms with Gasteiger partial charge in [0.15, 0.2) is 0 Å². The molecule has 3 aromatic rings. The van der Waals surface area contributed by atoms with Crippen LogP contribution in [0.5, 0.6) is 0 Å². The van der Waals surface area contributed by atoms with E-state index in [1.54, 1.807) is 42.1 Å². The monoisotopic (exact) mass is 516 g/mol. The molecule has 1 N–H and O–H groups in total. The zero-order valence-electron chi connectivity index (χ0n) is 19.3. The number of thioether (sulfide) groups is 1. The van der Waals surface area contributed by atoms with Gasteiger partial charge >= 0.3 is 0 Å². The topological polar surface area (TPSA) is 66.5 Å². The summed E-state index contributed by atoms with van der Waals surface area (Å²) in [6, 6.07) is 23.1. The lowest BCUT2D eigenvalue weighted by molar-refractivity contribution is -0.119. The number of hydrogen-bond donors (Lipinski definition) is 1. The molecule has 0 unspecified atom stereocenters. The van der Waals surface area contributed by atoms with Crippen molar-refractivity contribution in [3.63, 3.8) is 0 Å². The Morgan fingerprint density at radius 1 is 0.971 bits per heavy atom. The molecule has 3 rings (SSSR count). The Labute approximate surface area is 211 Å². The van der Waals surface area contributed by atoms with Crippen LogP contribution in [0.1, 0.15) is 30.9 Å². The van der Waals surface area contributed by atoms with Gasteiger partial charge in [-0.2, -0.15) is 11.8 Å². The Kier molecular flexibility index (Phi) is 9.45. The zero-order valence-corrected chi connectivity index (χ0v) is 21.7. The van der Waals surface area contributed by atoms with Gasteiger partial charge in [-0.1, -0.05) is 74.0 Å². The fraction of sp³-hybridized carbons (Fsp3) is 0.269. The molecule has 8 heteroatoms. The Bertz CT molecular complexity index is 1180. The number of amides is 1. The molecule has 0 atom stereocenters. The lowest BCUT2D eigenvalue weighted by atomic mass is 10.0. The largest absolute Gasteiger partial charge is 0.354 e. The summed E-state index contributed by atoms with van der Waals surface area (Å²) in [7, 11) is -3.91. The van der Waals surface area contributed by atoms with E-state index in [0.717, 1.165) is 21.9 Å². The molecule has 0 fully saturated rings. The van der Waals surface area contributed by atoms with Crippen molar-refractivity contribution in [1.29, 1.82) is 0 Å². The van der Waals surface area contributed by atoms with Crippen molar-refractivity contribution >= 4 is 45.0 Å². The van der Waals surface area contributed by atoms with Gasteiger partial charge < -0.3 is 5.32 Å². The van der Waals surface area contributed by atoms with Crippen LogP contribution in [-0.2, 0) is 20.6 Å². The average molecular weight is 517 g/mol. The highest BCUT2D eigenvalue weighted by Crippen LogP contribution is 2.26. The maximum absolute atomic E-state index is 13.4. The molecule has 0 heterocycles. The maximum atomic E-state index is 13.4. The smallest absolute Gasteiger partial charge is 0.264 e. The standard InChI is InChI=1S/C26H29ClN2O3S2/c1-20(2)21-12-14-23(15-13-21)29(34(31,32)24-9-4-3-5-10-24)18-26(30)28-16-17-33-19-22-8-6-7-11-25(22)27/h3-15,20H,16-19H2,1-2H3,(H,28,30). The van der Waals surface area contributed by atoms with Crippen molar-refractivity contribution in [2.75, 3.05) is 23.1 Å². The first-order chi connectivity index (χ1) is 16.3. The van der Waals surface area contributed by atoms with Gasteiger partial charge in [0.25, 0.3) is 10.0 Å². The van der Waals surface area contributed by atoms with Crippen LogP contribution in [0.3, 0.4) is 0 Å².